The number of para-hydroxylation sites is 2. The summed E-state index contributed by atoms with van der Waals surface area (Å²) in [4.78, 5) is 4.65. The Bertz CT molecular complexity index is 930. The number of rotatable bonds is 2. The molecule has 0 fully saturated rings. The lowest BCUT2D eigenvalue weighted by Gasteiger charge is -2.09. The molecule has 0 amide bonds. The number of halogens is 1. The molecule has 5 nitrogen and oxygen atoms in total. The highest BCUT2D eigenvalue weighted by atomic mass is 79.9. The monoisotopic (exact) mass is 339 g/mol. The molecule has 0 radical (unpaired) electrons. The maximum absolute atomic E-state index is 4.65. The number of aromatic nitrogens is 4. The molecule has 21 heavy (non-hydrogen) atoms. The largest absolute Gasteiger partial charge is 0.337 e. The summed E-state index contributed by atoms with van der Waals surface area (Å²) in [5.74, 6) is 0.688. The molecule has 0 unspecified atom stereocenters. The fourth-order valence-corrected chi connectivity index (χ4v) is 2.52. The Morgan fingerprint density at radius 3 is 2.67 bits per heavy atom. The molecule has 0 saturated heterocycles. The Hall–Kier alpha value is -2.47. The van der Waals surface area contributed by atoms with E-state index in [0.29, 0.717) is 11.5 Å². The van der Waals surface area contributed by atoms with Crippen molar-refractivity contribution in [1.29, 1.82) is 0 Å². The third kappa shape index (κ3) is 2.13. The van der Waals surface area contributed by atoms with Gasteiger partial charge in [0.25, 0.3) is 0 Å². The van der Waals surface area contributed by atoms with Crippen molar-refractivity contribution in [3.05, 3.63) is 59.3 Å². The molecular weight excluding hydrogens is 330 g/mol. The highest BCUT2D eigenvalue weighted by molar-refractivity contribution is 9.10. The minimum Gasteiger partial charge on any atom is -0.337 e. The van der Waals surface area contributed by atoms with Crippen molar-refractivity contribution < 1.29 is 0 Å². The molecule has 1 N–H and O–H groups in total. The van der Waals surface area contributed by atoms with Crippen molar-refractivity contribution in [3.63, 3.8) is 0 Å². The number of nitrogens with one attached hydrogen (secondary N) is 1. The molecule has 4 rings (SSSR count). The lowest BCUT2D eigenvalue weighted by Crippen LogP contribution is -1.99. The Labute approximate surface area is 128 Å². The minimum atomic E-state index is 0.688. The summed E-state index contributed by atoms with van der Waals surface area (Å²) in [6, 6.07) is 15.8. The van der Waals surface area contributed by atoms with Crippen LogP contribution >= 0.6 is 15.9 Å². The van der Waals surface area contributed by atoms with E-state index in [1.54, 1.807) is 6.33 Å². The summed E-state index contributed by atoms with van der Waals surface area (Å²) >= 11 is 3.43. The summed E-state index contributed by atoms with van der Waals surface area (Å²) < 4.78 is 2.97. The van der Waals surface area contributed by atoms with E-state index in [2.05, 4.69) is 36.4 Å². The van der Waals surface area contributed by atoms with Gasteiger partial charge in [0, 0.05) is 10.2 Å². The van der Waals surface area contributed by atoms with Crippen molar-refractivity contribution in [2.75, 3.05) is 5.32 Å². The van der Waals surface area contributed by atoms with Crippen LogP contribution < -0.4 is 5.32 Å². The fourth-order valence-electron chi connectivity index (χ4n) is 2.26. The van der Waals surface area contributed by atoms with E-state index in [9.17, 15) is 0 Å². The number of hydrogen-bond donors (Lipinski definition) is 1. The van der Waals surface area contributed by atoms with Crippen LogP contribution in [-0.4, -0.2) is 19.6 Å². The van der Waals surface area contributed by atoms with Crippen LogP contribution in [0.25, 0.3) is 16.7 Å². The van der Waals surface area contributed by atoms with E-state index in [4.69, 9.17) is 0 Å². The van der Waals surface area contributed by atoms with Crippen LogP contribution in [0.4, 0.5) is 11.5 Å². The maximum Gasteiger partial charge on any atom is 0.204 e. The zero-order valence-corrected chi connectivity index (χ0v) is 12.4. The molecule has 4 aromatic rings. The number of nitrogens with zero attached hydrogens (tertiary/aromatic N) is 4. The van der Waals surface area contributed by atoms with Crippen LogP contribution in [0.3, 0.4) is 0 Å². The summed E-state index contributed by atoms with van der Waals surface area (Å²) in [7, 11) is 0. The average Bonchev–Trinajstić information content (AvgIpc) is 3.00. The van der Waals surface area contributed by atoms with Gasteiger partial charge in [-0.25, -0.2) is 4.98 Å². The second-order valence-electron chi connectivity index (χ2n) is 4.61. The van der Waals surface area contributed by atoms with Gasteiger partial charge in [-0.15, -0.1) is 10.2 Å². The molecule has 0 saturated carbocycles. The number of hydrogen-bond acceptors (Lipinski definition) is 4. The molecule has 0 aliphatic carbocycles. The smallest absolute Gasteiger partial charge is 0.204 e. The molecule has 0 bridgehead atoms. The van der Waals surface area contributed by atoms with Crippen molar-refractivity contribution in [2.24, 2.45) is 0 Å². The fraction of sp³-hybridized carbons (Fsp3) is 0. The van der Waals surface area contributed by atoms with Crippen molar-refractivity contribution in [3.8, 4) is 0 Å². The van der Waals surface area contributed by atoms with Crippen molar-refractivity contribution in [2.45, 2.75) is 0 Å². The van der Waals surface area contributed by atoms with Crippen LogP contribution in [0, 0.1) is 0 Å². The van der Waals surface area contributed by atoms with Crippen LogP contribution in [-0.2, 0) is 0 Å². The molecule has 2 aromatic carbocycles. The van der Waals surface area contributed by atoms with Crippen LogP contribution in [0.1, 0.15) is 0 Å². The summed E-state index contributed by atoms with van der Waals surface area (Å²) in [6.07, 6.45) is 1.70. The Kier molecular flexibility index (Phi) is 2.82. The standard InChI is InChI=1S/C15H10BrN5/c16-10-5-7-11(8-6-10)18-14-15-20-17-9-21(15)13-4-2-1-3-12(13)19-14/h1-9H,(H,18,19). The molecule has 2 aromatic heterocycles. The lowest BCUT2D eigenvalue weighted by molar-refractivity contribution is 1.11. The van der Waals surface area contributed by atoms with Gasteiger partial charge in [0.15, 0.2) is 5.82 Å². The van der Waals surface area contributed by atoms with Gasteiger partial charge in [0.1, 0.15) is 6.33 Å². The first-order chi connectivity index (χ1) is 10.3. The van der Waals surface area contributed by atoms with Gasteiger partial charge in [-0.3, -0.25) is 4.40 Å². The van der Waals surface area contributed by atoms with Gasteiger partial charge in [-0.2, -0.15) is 0 Å². The molecule has 0 aliphatic rings. The SMILES string of the molecule is Brc1ccc(Nc2nc3ccccc3n3cnnc23)cc1. The van der Waals surface area contributed by atoms with Gasteiger partial charge in [0.2, 0.25) is 5.65 Å². The number of benzene rings is 2. The quantitative estimate of drug-likeness (QED) is 0.603. The molecule has 102 valence electrons. The maximum atomic E-state index is 4.65. The zero-order valence-electron chi connectivity index (χ0n) is 10.9. The summed E-state index contributed by atoms with van der Waals surface area (Å²) in [6.45, 7) is 0. The molecule has 6 heteroatoms. The van der Waals surface area contributed by atoms with Crippen LogP contribution in [0.15, 0.2) is 59.3 Å². The van der Waals surface area contributed by atoms with E-state index in [1.807, 2.05) is 52.9 Å². The predicted molar refractivity (Wildman–Crippen MR) is 85.7 cm³/mol. The number of anilines is 2. The number of fused-ring (bicyclic) bond motifs is 3. The van der Waals surface area contributed by atoms with E-state index in [0.717, 1.165) is 21.2 Å². The predicted octanol–water partition coefficient (Wildman–Crippen LogP) is 3.78. The molecule has 0 atom stereocenters. The topological polar surface area (TPSA) is 55.1 Å². The van der Waals surface area contributed by atoms with E-state index >= 15 is 0 Å². The van der Waals surface area contributed by atoms with Gasteiger partial charge in [0.05, 0.1) is 11.0 Å². The molecule has 0 spiro atoms. The summed E-state index contributed by atoms with van der Waals surface area (Å²) in [5, 5.41) is 11.5. The van der Waals surface area contributed by atoms with Gasteiger partial charge < -0.3 is 5.32 Å². The van der Waals surface area contributed by atoms with Crippen molar-refractivity contribution >= 4 is 44.1 Å². The highest BCUT2D eigenvalue weighted by Crippen LogP contribution is 2.23. The Balaban J connectivity index is 1.90. The Morgan fingerprint density at radius 1 is 1.00 bits per heavy atom. The highest BCUT2D eigenvalue weighted by Gasteiger charge is 2.10. The third-order valence-electron chi connectivity index (χ3n) is 3.24. The van der Waals surface area contributed by atoms with E-state index < -0.39 is 0 Å². The van der Waals surface area contributed by atoms with Crippen LogP contribution in [0.2, 0.25) is 0 Å². The minimum absolute atomic E-state index is 0.688. The first-order valence-electron chi connectivity index (χ1n) is 6.42. The van der Waals surface area contributed by atoms with E-state index in [1.165, 1.54) is 0 Å². The normalized spacial score (nSPS) is 11.1. The lowest BCUT2D eigenvalue weighted by atomic mass is 10.3. The van der Waals surface area contributed by atoms with Gasteiger partial charge in [-0.05, 0) is 36.4 Å². The second kappa shape index (κ2) is 4.82. The third-order valence-corrected chi connectivity index (χ3v) is 3.77. The van der Waals surface area contributed by atoms with Crippen molar-refractivity contribution in [1.82, 2.24) is 19.6 Å². The first-order valence-corrected chi connectivity index (χ1v) is 7.22. The average molecular weight is 340 g/mol. The van der Waals surface area contributed by atoms with Gasteiger partial charge in [-0.1, -0.05) is 28.1 Å². The molecular formula is C15H10BrN5. The van der Waals surface area contributed by atoms with Crippen LogP contribution in [0.5, 0.6) is 0 Å². The molecule has 0 aliphatic heterocycles. The van der Waals surface area contributed by atoms with E-state index in [-0.39, 0.29) is 0 Å². The Morgan fingerprint density at radius 2 is 1.81 bits per heavy atom. The summed E-state index contributed by atoms with van der Waals surface area (Å²) in [5.41, 5.74) is 3.53. The molecule has 2 heterocycles. The zero-order chi connectivity index (χ0) is 14.2. The van der Waals surface area contributed by atoms with Gasteiger partial charge >= 0.3 is 0 Å². The second-order valence-corrected chi connectivity index (χ2v) is 5.52. The first kappa shape index (κ1) is 12.3.